The molecule has 19 heavy (non-hydrogen) atoms. The van der Waals surface area contributed by atoms with Crippen molar-refractivity contribution < 1.29 is 9.21 Å². The number of hydrogen-bond acceptors (Lipinski definition) is 3. The van der Waals surface area contributed by atoms with Crippen molar-refractivity contribution in [2.75, 3.05) is 12.8 Å². The summed E-state index contributed by atoms with van der Waals surface area (Å²) >= 11 is 0. The second kappa shape index (κ2) is 5.91. The third-order valence-electron chi connectivity index (χ3n) is 2.68. The number of likely N-dealkylation sites (N-methyl/N-ethyl adjacent to an activating group) is 1. The molecule has 1 aromatic heterocycles. The number of nitrogens with zero attached hydrogens (tertiary/aromatic N) is 1. The highest BCUT2D eigenvalue weighted by atomic mass is 16.3. The molecule has 1 aromatic carbocycles. The van der Waals surface area contributed by atoms with E-state index in [2.05, 4.69) is 0 Å². The summed E-state index contributed by atoms with van der Waals surface area (Å²) in [7, 11) is 1.73. The predicted octanol–water partition coefficient (Wildman–Crippen LogP) is 2.53. The second-order valence-corrected chi connectivity index (χ2v) is 4.28. The Kier molecular flexibility index (Phi) is 4.03. The average Bonchev–Trinajstić information content (AvgIpc) is 2.89. The van der Waals surface area contributed by atoms with Crippen LogP contribution in [0.1, 0.15) is 11.3 Å². The molecule has 0 aliphatic heterocycles. The molecule has 0 saturated carbocycles. The minimum absolute atomic E-state index is 0.0844. The van der Waals surface area contributed by atoms with E-state index in [0.717, 1.165) is 11.3 Å². The van der Waals surface area contributed by atoms with Crippen LogP contribution in [0.4, 0.5) is 5.69 Å². The van der Waals surface area contributed by atoms with Crippen LogP contribution in [-0.2, 0) is 11.3 Å². The molecule has 1 heterocycles. The molecule has 0 bridgehead atoms. The van der Waals surface area contributed by atoms with Crippen molar-refractivity contribution in [3.8, 4) is 0 Å². The molecule has 2 aromatic rings. The highest BCUT2D eigenvalue weighted by Gasteiger charge is 2.07. The van der Waals surface area contributed by atoms with Crippen LogP contribution in [0.5, 0.6) is 0 Å². The van der Waals surface area contributed by atoms with Gasteiger partial charge < -0.3 is 15.1 Å². The molecule has 0 spiro atoms. The van der Waals surface area contributed by atoms with Crippen molar-refractivity contribution >= 4 is 17.7 Å². The number of carbonyl (C=O) groups excluding carboxylic acids is 1. The van der Waals surface area contributed by atoms with Gasteiger partial charge in [-0.2, -0.15) is 0 Å². The Labute approximate surface area is 112 Å². The summed E-state index contributed by atoms with van der Waals surface area (Å²) in [4.78, 5) is 13.5. The number of nitrogen functional groups attached to an aromatic ring is 1. The number of nitrogens with two attached hydrogens (primary N) is 1. The predicted molar refractivity (Wildman–Crippen MR) is 75.1 cm³/mol. The van der Waals surface area contributed by atoms with Crippen LogP contribution in [0.25, 0.3) is 6.08 Å². The first kappa shape index (κ1) is 13.0. The molecule has 1 amide bonds. The number of anilines is 1. The van der Waals surface area contributed by atoms with Crippen LogP contribution >= 0.6 is 0 Å². The highest BCUT2D eigenvalue weighted by molar-refractivity contribution is 5.91. The maximum Gasteiger partial charge on any atom is 0.246 e. The van der Waals surface area contributed by atoms with Gasteiger partial charge in [0.2, 0.25) is 5.91 Å². The lowest BCUT2D eigenvalue weighted by Crippen LogP contribution is -2.23. The molecule has 2 N–H and O–H groups in total. The summed E-state index contributed by atoms with van der Waals surface area (Å²) in [5.41, 5.74) is 7.26. The maximum atomic E-state index is 11.9. The molecule has 0 aliphatic carbocycles. The summed E-state index contributed by atoms with van der Waals surface area (Å²) in [5.74, 6) is 0.673. The maximum absolute atomic E-state index is 11.9. The fraction of sp³-hybridized carbons (Fsp3) is 0.133. The third kappa shape index (κ3) is 3.74. The van der Waals surface area contributed by atoms with E-state index >= 15 is 0 Å². The summed E-state index contributed by atoms with van der Waals surface area (Å²) in [6.45, 7) is 0.451. The number of carbonyl (C=O) groups is 1. The molecular weight excluding hydrogens is 240 g/mol. The van der Waals surface area contributed by atoms with Crippen molar-refractivity contribution in [3.63, 3.8) is 0 Å². The minimum atomic E-state index is -0.0844. The smallest absolute Gasteiger partial charge is 0.246 e. The average molecular weight is 256 g/mol. The van der Waals surface area contributed by atoms with E-state index in [1.807, 2.05) is 30.3 Å². The molecule has 4 heteroatoms. The fourth-order valence-electron chi connectivity index (χ4n) is 1.67. The van der Waals surface area contributed by atoms with Gasteiger partial charge in [0.15, 0.2) is 0 Å². The van der Waals surface area contributed by atoms with Crippen LogP contribution in [0.15, 0.2) is 53.2 Å². The molecular formula is C15H16N2O2. The zero-order valence-corrected chi connectivity index (χ0v) is 10.7. The zero-order chi connectivity index (χ0) is 13.7. The third-order valence-corrected chi connectivity index (χ3v) is 2.68. The van der Waals surface area contributed by atoms with E-state index < -0.39 is 0 Å². The van der Waals surface area contributed by atoms with Crippen molar-refractivity contribution in [1.82, 2.24) is 4.90 Å². The number of benzene rings is 1. The molecule has 0 saturated heterocycles. The van der Waals surface area contributed by atoms with Gasteiger partial charge in [-0.05, 0) is 35.9 Å². The summed E-state index contributed by atoms with van der Waals surface area (Å²) in [6.07, 6.45) is 4.87. The molecule has 0 radical (unpaired) electrons. The number of amides is 1. The van der Waals surface area contributed by atoms with E-state index in [4.69, 9.17) is 10.2 Å². The van der Waals surface area contributed by atoms with E-state index in [1.165, 1.54) is 6.08 Å². The van der Waals surface area contributed by atoms with Gasteiger partial charge in [0.25, 0.3) is 0 Å². The van der Waals surface area contributed by atoms with Crippen molar-refractivity contribution in [2.24, 2.45) is 0 Å². The molecule has 98 valence electrons. The number of rotatable bonds is 4. The van der Waals surface area contributed by atoms with Crippen molar-refractivity contribution in [3.05, 3.63) is 60.1 Å². The summed E-state index contributed by atoms with van der Waals surface area (Å²) in [6, 6.07) is 11.0. The standard InChI is InChI=1S/C15H16N2O2/c1-17(11-14-6-3-9-19-14)15(18)8-7-12-4-2-5-13(16)10-12/h2-10H,11,16H2,1H3/b8-7+. The second-order valence-electron chi connectivity index (χ2n) is 4.28. The minimum Gasteiger partial charge on any atom is -0.467 e. The topological polar surface area (TPSA) is 59.5 Å². The van der Waals surface area contributed by atoms with Crippen LogP contribution < -0.4 is 5.73 Å². The Hall–Kier alpha value is -2.49. The molecule has 0 atom stereocenters. The van der Waals surface area contributed by atoms with Gasteiger partial charge in [-0.1, -0.05) is 12.1 Å². The van der Waals surface area contributed by atoms with E-state index in [9.17, 15) is 4.79 Å². The van der Waals surface area contributed by atoms with Crippen LogP contribution in [0.3, 0.4) is 0 Å². The monoisotopic (exact) mass is 256 g/mol. The largest absolute Gasteiger partial charge is 0.467 e. The first-order valence-corrected chi connectivity index (χ1v) is 5.96. The fourth-order valence-corrected chi connectivity index (χ4v) is 1.67. The zero-order valence-electron chi connectivity index (χ0n) is 10.7. The normalized spacial score (nSPS) is 10.8. The summed E-state index contributed by atoms with van der Waals surface area (Å²) < 4.78 is 5.20. The van der Waals surface area contributed by atoms with Crippen LogP contribution in [0, 0.1) is 0 Å². The quantitative estimate of drug-likeness (QED) is 0.675. The molecule has 0 aliphatic rings. The van der Waals surface area contributed by atoms with Gasteiger partial charge in [-0.25, -0.2) is 0 Å². The summed E-state index contributed by atoms with van der Waals surface area (Å²) in [5, 5.41) is 0. The number of hydrogen-bond donors (Lipinski definition) is 1. The van der Waals surface area contributed by atoms with E-state index in [-0.39, 0.29) is 5.91 Å². The molecule has 0 fully saturated rings. The Morgan fingerprint density at radius 1 is 1.37 bits per heavy atom. The molecule has 4 nitrogen and oxygen atoms in total. The first-order valence-electron chi connectivity index (χ1n) is 5.96. The van der Waals surface area contributed by atoms with Gasteiger partial charge in [0, 0.05) is 18.8 Å². The van der Waals surface area contributed by atoms with Crippen molar-refractivity contribution in [1.29, 1.82) is 0 Å². The SMILES string of the molecule is CN(Cc1ccco1)C(=O)/C=C/c1cccc(N)c1. The first-order chi connectivity index (χ1) is 9.15. The Balaban J connectivity index is 1.96. The van der Waals surface area contributed by atoms with Crippen LogP contribution in [-0.4, -0.2) is 17.9 Å². The van der Waals surface area contributed by atoms with Gasteiger partial charge in [0.05, 0.1) is 12.8 Å². The van der Waals surface area contributed by atoms with E-state index in [1.54, 1.807) is 30.4 Å². The Morgan fingerprint density at radius 3 is 2.89 bits per heavy atom. The lowest BCUT2D eigenvalue weighted by Gasteiger charge is -2.12. The van der Waals surface area contributed by atoms with Gasteiger partial charge in [-0.3, -0.25) is 4.79 Å². The van der Waals surface area contributed by atoms with Crippen molar-refractivity contribution in [2.45, 2.75) is 6.54 Å². The Morgan fingerprint density at radius 2 is 2.21 bits per heavy atom. The van der Waals surface area contributed by atoms with Gasteiger partial charge >= 0.3 is 0 Å². The lowest BCUT2D eigenvalue weighted by atomic mass is 10.2. The van der Waals surface area contributed by atoms with E-state index in [0.29, 0.717) is 12.2 Å². The van der Waals surface area contributed by atoms with Gasteiger partial charge in [0.1, 0.15) is 5.76 Å². The lowest BCUT2D eigenvalue weighted by molar-refractivity contribution is -0.125. The Bertz CT molecular complexity index is 574. The van der Waals surface area contributed by atoms with Gasteiger partial charge in [-0.15, -0.1) is 0 Å². The number of furan rings is 1. The molecule has 0 unspecified atom stereocenters. The highest BCUT2D eigenvalue weighted by Crippen LogP contribution is 2.09. The van der Waals surface area contributed by atoms with Crippen LogP contribution in [0.2, 0.25) is 0 Å². The molecule has 2 rings (SSSR count).